The van der Waals surface area contributed by atoms with Gasteiger partial charge in [0.1, 0.15) is 0 Å². The molecule has 1 spiro atoms. The zero-order valence-corrected chi connectivity index (χ0v) is 17.0. The van der Waals surface area contributed by atoms with Gasteiger partial charge in [-0.2, -0.15) is 0 Å². The number of hydrogen-bond donors (Lipinski definition) is 1. The van der Waals surface area contributed by atoms with Crippen LogP contribution in [0, 0.1) is 5.41 Å². The zero-order valence-electron chi connectivity index (χ0n) is 17.0. The smallest absolute Gasteiger partial charge is 0.253 e. The van der Waals surface area contributed by atoms with Gasteiger partial charge >= 0.3 is 0 Å². The number of piperidine rings is 1. The number of fused-ring (bicyclic) bond motifs is 1. The van der Waals surface area contributed by atoms with Crippen LogP contribution in [-0.4, -0.2) is 65.1 Å². The zero-order chi connectivity index (χ0) is 19.8. The molecule has 5 heteroatoms. The van der Waals surface area contributed by atoms with Gasteiger partial charge in [-0.15, -0.1) is 0 Å². The Labute approximate surface area is 167 Å². The fourth-order valence-electron chi connectivity index (χ4n) is 5.07. The molecule has 1 N–H and O–H groups in total. The summed E-state index contributed by atoms with van der Waals surface area (Å²) >= 11 is 0. The molecule has 1 saturated carbocycles. The van der Waals surface area contributed by atoms with Gasteiger partial charge in [0.05, 0.1) is 11.1 Å². The number of rotatable bonds is 3. The molecule has 2 aromatic rings. The minimum absolute atomic E-state index is 0.125. The van der Waals surface area contributed by atoms with Gasteiger partial charge in [-0.1, -0.05) is 6.07 Å². The Morgan fingerprint density at radius 2 is 1.82 bits per heavy atom. The Morgan fingerprint density at radius 1 is 1.11 bits per heavy atom. The molecular formula is C23H31N3O2. The van der Waals surface area contributed by atoms with Crippen molar-refractivity contribution in [2.45, 2.75) is 44.1 Å². The third-order valence-electron chi connectivity index (χ3n) is 6.81. The van der Waals surface area contributed by atoms with Crippen LogP contribution in [0.25, 0.3) is 10.9 Å². The van der Waals surface area contributed by atoms with Crippen molar-refractivity contribution in [3.8, 4) is 0 Å². The molecule has 0 unspecified atom stereocenters. The lowest BCUT2D eigenvalue weighted by atomic mass is 9.64. The maximum atomic E-state index is 13.0. The average Bonchev–Trinajstić information content (AvgIpc) is 2.70. The fraction of sp³-hybridized carbons (Fsp3) is 0.565. The second-order valence-electron chi connectivity index (χ2n) is 9.17. The molecule has 0 bridgehead atoms. The van der Waals surface area contributed by atoms with Crippen LogP contribution in [0.3, 0.4) is 0 Å². The second-order valence-corrected chi connectivity index (χ2v) is 9.17. The number of aliphatic hydroxyl groups is 1. The fourth-order valence-corrected chi connectivity index (χ4v) is 5.07. The molecule has 1 aromatic carbocycles. The highest BCUT2D eigenvalue weighted by Crippen LogP contribution is 2.47. The molecule has 2 fully saturated rings. The summed E-state index contributed by atoms with van der Waals surface area (Å²) < 4.78 is 0. The van der Waals surface area contributed by atoms with Gasteiger partial charge in [-0.05, 0) is 82.3 Å². The summed E-state index contributed by atoms with van der Waals surface area (Å²) in [5.74, 6) is 0.125. The number of carbonyl (C=O) groups excluding carboxylic acids is 1. The van der Waals surface area contributed by atoms with E-state index in [1.165, 1.54) is 0 Å². The molecule has 2 heterocycles. The summed E-state index contributed by atoms with van der Waals surface area (Å²) in [5.41, 5.74) is 1.44. The number of carbonyl (C=O) groups is 1. The topological polar surface area (TPSA) is 56.7 Å². The van der Waals surface area contributed by atoms with Crippen molar-refractivity contribution in [3.05, 3.63) is 42.1 Å². The van der Waals surface area contributed by atoms with E-state index in [0.717, 1.165) is 74.6 Å². The van der Waals surface area contributed by atoms with Crippen LogP contribution in [0.5, 0.6) is 0 Å². The second kappa shape index (κ2) is 7.45. The lowest BCUT2D eigenvalue weighted by Crippen LogP contribution is -2.49. The number of hydrogen-bond acceptors (Lipinski definition) is 4. The summed E-state index contributed by atoms with van der Waals surface area (Å²) in [5, 5.41) is 11.8. The van der Waals surface area contributed by atoms with Crippen LogP contribution in [0.15, 0.2) is 36.5 Å². The number of likely N-dealkylation sites (N-methyl/N-ethyl adjacent to an activating group) is 1. The number of amides is 1. The molecule has 4 rings (SSSR count). The van der Waals surface area contributed by atoms with Crippen LogP contribution >= 0.6 is 0 Å². The maximum Gasteiger partial charge on any atom is 0.253 e. The van der Waals surface area contributed by atoms with Crippen LogP contribution in [0.4, 0.5) is 0 Å². The van der Waals surface area contributed by atoms with E-state index in [4.69, 9.17) is 0 Å². The lowest BCUT2D eigenvalue weighted by Gasteiger charge is -2.48. The van der Waals surface area contributed by atoms with Crippen molar-refractivity contribution < 1.29 is 9.90 Å². The number of benzene rings is 1. The number of aromatic nitrogens is 1. The van der Waals surface area contributed by atoms with Crippen LogP contribution < -0.4 is 0 Å². The highest BCUT2D eigenvalue weighted by molar-refractivity contribution is 5.98. The van der Waals surface area contributed by atoms with Crippen molar-refractivity contribution in [1.29, 1.82) is 0 Å². The van der Waals surface area contributed by atoms with Crippen LogP contribution in [-0.2, 0) is 0 Å². The van der Waals surface area contributed by atoms with Crippen molar-refractivity contribution in [3.63, 3.8) is 0 Å². The molecule has 1 aliphatic heterocycles. The van der Waals surface area contributed by atoms with E-state index >= 15 is 0 Å². The Balaban J connectivity index is 1.38. The van der Waals surface area contributed by atoms with Crippen molar-refractivity contribution in [2.24, 2.45) is 5.41 Å². The monoisotopic (exact) mass is 381 g/mol. The van der Waals surface area contributed by atoms with Crippen molar-refractivity contribution in [2.75, 3.05) is 33.7 Å². The van der Waals surface area contributed by atoms with E-state index < -0.39 is 5.60 Å². The predicted molar refractivity (Wildman–Crippen MR) is 111 cm³/mol. The molecule has 1 saturated heterocycles. The minimum Gasteiger partial charge on any atom is -0.389 e. The Kier molecular flexibility index (Phi) is 5.15. The Bertz CT molecular complexity index is 846. The molecule has 5 nitrogen and oxygen atoms in total. The first-order valence-corrected chi connectivity index (χ1v) is 10.4. The summed E-state index contributed by atoms with van der Waals surface area (Å²) in [6.07, 6.45) is 7.76. The van der Waals surface area contributed by atoms with E-state index in [2.05, 4.69) is 9.88 Å². The van der Waals surface area contributed by atoms with Gasteiger partial charge in [-0.25, -0.2) is 0 Å². The average molecular weight is 382 g/mol. The first-order valence-electron chi connectivity index (χ1n) is 10.4. The Morgan fingerprint density at radius 3 is 2.50 bits per heavy atom. The van der Waals surface area contributed by atoms with E-state index in [1.807, 2.05) is 49.3 Å². The molecule has 150 valence electrons. The van der Waals surface area contributed by atoms with Crippen LogP contribution in [0.2, 0.25) is 0 Å². The number of likely N-dealkylation sites (tertiary alicyclic amines) is 1. The largest absolute Gasteiger partial charge is 0.389 e. The normalized spacial score (nSPS) is 21.4. The molecule has 0 atom stereocenters. The van der Waals surface area contributed by atoms with Gasteiger partial charge in [0.25, 0.3) is 5.91 Å². The van der Waals surface area contributed by atoms with Crippen molar-refractivity contribution in [1.82, 2.24) is 14.8 Å². The molecular weight excluding hydrogens is 350 g/mol. The number of nitrogens with zero attached hydrogens (tertiary/aromatic N) is 3. The molecule has 1 aliphatic carbocycles. The highest BCUT2D eigenvalue weighted by atomic mass is 16.3. The quantitative estimate of drug-likeness (QED) is 0.886. The molecule has 1 aromatic heterocycles. The van der Waals surface area contributed by atoms with Gasteiger partial charge in [0.15, 0.2) is 0 Å². The first-order chi connectivity index (χ1) is 13.4. The van der Waals surface area contributed by atoms with E-state index in [1.54, 1.807) is 6.20 Å². The van der Waals surface area contributed by atoms with Crippen molar-refractivity contribution >= 4 is 16.8 Å². The Hall–Kier alpha value is -1.98. The van der Waals surface area contributed by atoms with E-state index in [0.29, 0.717) is 5.41 Å². The standard InChI is InChI=1S/C23H31N3O2/c1-25(2)17-23(28)9-7-22(8-10-23)11-14-26(15-12-22)21(27)19-5-6-20-18(16-19)4-3-13-24-20/h3-6,13,16,28H,7-12,14-15,17H2,1-2H3. The predicted octanol–water partition coefficient (Wildman–Crippen LogP) is 3.32. The SMILES string of the molecule is CN(C)CC1(O)CCC2(CCN(C(=O)c3ccc4ncccc4c3)CC2)CC1. The van der Waals surface area contributed by atoms with Gasteiger partial charge in [0, 0.05) is 36.8 Å². The molecule has 2 aliphatic rings. The summed E-state index contributed by atoms with van der Waals surface area (Å²) in [7, 11) is 4.05. The van der Waals surface area contributed by atoms with Gasteiger partial charge in [-0.3, -0.25) is 9.78 Å². The maximum absolute atomic E-state index is 13.0. The molecule has 1 amide bonds. The van der Waals surface area contributed by atoms with Gasteiger partial charge in [0.2, 0.25) is 0 Å². The number of pyridine rings is 1. The third kappa shape index (κ3) is 3.91. The highest BCUT2D eigenvalue weighted by Gasteiger charge is 2.43. The molecule has 0 radical (unpaired) electrons. The summed E-state index contributed by atoms with van der Waals surface area (Å²) in [6.45, 7) is 2.37. The van der Waals surface area contributed by atoms with Gasteiger partial charge < -0.3 is 14.9 Å². The first kappa shape index (κ1) is 19.3. The third-order valence-corrected chi connectivity index (χ3v) is 6.81. The summed E-state index contributed by atoms with van der Waals surface area (Å²) in [4.78, 5) is 21.4. The van der Waals surface area contributed by atoms with E-state index in [9.17, 15) is 9.90 Å². The van der Waals surface area contributed by atoms with Crippen LogP contribution in [0.1, 0.15) is 48.9 Å². The lowest BCUT2D eigenvalue weighted by molar-refractivity contribution is -0.0615. The van der Waals surface area contributed by atoms with E-state index in [-0.39, 0.29) is 5.91 Å². The minimum atomic E-state index is -0.541. The molecule has 28 heavy (non-hydrogen) atoms. The summed E-state index contributed by atoms with van der Waals surface area (Å²) in [6, 6.07) is 9.69.